The number of amides is 1. The zero-order valence-corrected chi connectivity index (χ0v) is 15.7. The van der Waals surface area contributed by atoms with Gasteiger partial charge in [0, 0.05) is 29.7 Å². The van der Waals surface area contributed by atoms with Crippen LogP contribution in [0.3, 0.4) is 0 Å². The molecule has 1 saturated heterocycles. The zero-order valence-electron chi connectivity index (χ0n) is 14.1. The number of halogens is 1. The first kappa shape index (κ1) is 17.5. The summed E-state index contributed by atoms with van der Waals surface area (Å²) in [5.74, 6) is 0.690. The van der Waals surface area contributed by atoms with Crippen molar-refractivity contribution in [3.05, 3.63) is 58.3 Å². The fourth-order valence-electron chi connectivity index (χ4n) is 3.21. The van der Waals surface area contributed by atoms with Crippen LogP contribution in [0.4, 0.5) is 0 Å². The molecule has 1 atom stereocenters. The summed E-state index contributed by atoms with van der Waals surface area (Å²) in [5, 5.41) is 4.47. The SMILES string of the molecule is O=C(NC[C@H](c1ccco1)N1CCOCC1)c1sc2ccccc2c1Cl. The minimum Gasteiger partial charge on any atom is -0.468 e. The van der Waals surface area contributed by atoms with Crippen molar-refractivity contribution in [2.24, 2.45) is 0 Å². The number of morpholine rings is 1. The summed E-state index contributed by atoms with van der Waals surface area (Å²) in [7, 11) is 0. The highest BCUT2D eigenvalue weighted by molar-refractivity contribution is 7.21. The number of fused-ring (bicyclic) bond motifs is 1. The molecule has 1 aliphatic rings. The number of nitrogens with zero attached hydrogens (tertiary/aromatic N) is 1. The number of benzene rings is 1. The van der Waals surface area contributed by atoms with E-state index in [9.17, 15) is 4.79 Å². The van der Waals surface area contributed by atoms with Gasteiger partial charge in [-0.15, -0.1) is 11.3 Å². The largest absolute Gasteiger partial charge is 0.468 e. The minimum atomic E-state index is -0.152. The van der Waals surface area contributed by atoms with Crippen LogP contribution in [-0.4, -0.2) is 43.7 Å². The van der Waals surface area contributed by atoms with Crippen LogP contribution in [0.25, 0.3) is 10.1 Å². The Morgan fingerprint density at radius 1 is 1.23 bits per heavy atom. The minimum absolute atomic E-state index is 0.0222. The molecule has 1 amide bonds. The second kappa shape index (κ2) is 7.80. The summed E-state index contributed by atoms with van der Waals surface area (Å²) in [4.78, 5) is 15.6. The molecule has 4 rings (SSSR count). The van der Waals surface area contributed by atoms with Gasteiger partial charge < -0.3 is 14.5 Å². The van der Waals surface area contributed by atoms with Crippen molar-refractivity contribution in [3.8, 4) is 0 Å². The maximum atomic E-state index is 12.7. The standard InChI is InChI=1S/C19H19ClN2O3S/c20-17-13-4-1-2-6-16(13)26-18(17)19(23)21-12-14(15-5-3-9-25-15)22-7-10-24-11-8-22/h1-6,9,14H,7-8,10-12H2,(H,21,23)/t14-/m1/s1. The molecule has 1 aliphatic heterocycles. The topological polar surface area (TPSA) is 54.7 Å². The first-order valence-corrected chi connectivity index (χ1v) is 9.74. The van der Waals surface area contributed by atoms with Crippen LogP contribution in [0.5, 0.6) is 0 Å². The van der Waals surface area contributed by atoms with E-state index in [4.69, 9.17) is 20.8 Å². The fraction of sp³-hybridized carbons (Fsp3) is 0.316. The Labute approximate surface area is 160 Å². The Balaban J connectivity index is 1.51. The molecular weight excluding hydrogens is 372 g/mol. The Bertz CT molecular complexity index is 887. The van der Waals surface area contributed by atoms with Crippen LogP contribution in [0.15, 0.2) is 47.1 Å². The summed E-state index contributed by atoms with van der Waals surface area (Å²) >= 11 is 7.84. The van der Waals surface area contributed by atoms with Gasteiger partial charge >= 0.3 is 0 Å². The second-order valence-corrected chi connectivity index (χ2v) is 7.56. The molecule has 0 unspecified atom stereocenters. The third kappa shape index (κ3) is 3.50. The van der Waals surface area contributed by atoms with Gasteiger partial charge in [0.2, 0.25) is 0 Å². The Morgan fingerprint density at radius 3 is 2.77 bits per heavy atom. The van der Waals surface area contributed by atoms with E-state index >= 15 is 0 Å². The normalized spacial score (nSPS) is 16.7. The van der Waals surface area contributed by atoms with Crippen LogP contribution >= 0.6 is 22.9 Å². The molecule has 136 valence electrons. The number of ether oxygens (including phenoxy) is 1. The van der Waals surface area contributed by atoms with E-state index in [0.29, 0.717) is 29.7 Å². The molecule has 0 spiro atoms. The van der Waals surface area contributed by atoms with Crippen molar-refractivity contribution in [2.75, 3.05) is 32.8 Å². The summed E-state index contributed by atoms with van der Waals surface area (Å²) < 4.78 is 12.0. The van der Waals surface area contributed by atoms with Crippen LogP contribution < -0.4 is 5.32 Å². The van der Waals surface area contributed by atoms with E-state index in [0.717, 1.165) is 28.9 Å². The van der Waals surface area contributed by atoms with Gasteiger partial charge in [-0.25, -0.2) is 0 Å². The van der Waals surface area contributed by atoms with Gasteiger partial charge in [0.05, 0.1) is 30.5 Å². The number of hydrogen-bond acceptors (Lipinski definition) is 5. The van der Waals surface area contributed by atoms with E-state index in [1.807, 2.05) is 36.4 Å². The van der Waals surface area contributed by atoms with E-state index in [2.05, 4.69) is 10.2 Å². The summed E-state index contributed by atoms with van der Waals surface area (Å²) in [5.41, 5.74) is 0. The molecule has 2 aromatic heterocycles. The maximum Gasteiger partial charge on any atom is 0.263 e. The highest BCUT2D eigenvalue weighted by atomic mass is 35.5. The highest BCUT2D eigenvalue weighted by Gasteiger charge is 2.26. The van der Waals surface area contributed by atoms with Gasteiger partial charge in [-0.05, 0) is 18.2 Å². The van der Waals surface area contributed by atoms with Crippen molar-refractivity contribution in [1.29, 1.82) is 0 Å². The second-order valence-electron chi connectivity index (χ2n) is 6.13. The zero-order chi connectivity index (χ0) is 17.9. The molecule has 0 saturated carbocycles. The number of carbonyl (C=O) groups is 1. The number of nitrogens with one attached hydrogen (secondary N) is 1. The Kier molecular flexibility index (Phi) is 5.26. The molecule has 0 aliphatic carbocycles. The molecule has 3 aromatic rings. The molecular formula is C19H19ClN2O3S. The molecule has 0 bridgehead atoms. The molecule has 0 radical (unpaired) electrons. The lowest BCUT2D eigenvalue weighted by atomic mass is 10.1. The van der Waals surface area contributed by atoms with Crippen molar-refractivity contribution in [1.82, 2.24) is 10.2 Å². The van der Waals surface area contributed by atoms with Crippen LogP contribution in [-0.2, 0) is 4.74 Å². The van der Waals surface area contributed by atoms with E-state index < -0.39 is 0 Å². The summed E-state index contributed by atoms with van der Waals surface area (Å²) in [6.45, 7) is 3.45. The number of hydrogen-bond donors (Lipinski definition) is 1. The Hall–Kier alpha value is -1.86. The monoisotopic (exact) mass is 390 g/mol. The number of thiophene rings is 1. The van der Waals surface area contributed by atoms with Crippen molar-refractivity contribution >= 4 is 38.9 Å². The number of carbonyl (C=O) groups excluding carboxylic acids is 1. The molecule has 3 heterocycles. The van der Waals surface area contributed by atoms with Crippen LogP contribution in [0, 0.1) is 0 Å². The summed E-state index contributed by atoms with van der Waals surface area (Å²) in [6.07, 6.45) is 1.66. The van der Waals surface area contributed by atoms with E-state index in [1.165, 1.54) is 11.3 Å². The quantitative estimate of drug-likeness (QED) is 0.716. The van der Waals surface area contributed by atoms with Gasteiger partial charge in [0.1, 0.15) is 10.6 Å². The molecule has 26 heavy (non-hydrogen) atoms. The lowest BCUT2D eigenvalue weighted by molar-refractivity contribution is 0.0118. The van der Waals surface area contributed by atoms with Crippen molar-refractivity contribution in [3.63, 3.8) is 0 Å². The van der Waals surface area contributed by atoms with Gasteiger partial charge in [-0.2, -0.15) is 0 Å². The van der Waals surface area contributed by atoms with Crippen LogP contribution in [0.1, 0.15) is 21.5 Å². The maximum absolute atomic E-state index is 12.7. The fourth-order valence-corrected chi connectivity index (χ4v) is 4.64. The van der Waals surface area contributed by atoms with Crippen molar-refractivity contribution in [2.45, 2.75) is 6.04 Å². The Morgan fingerprint density at radius 2 is 2.04 bits per heavy atom. The predicted molar refractivity (Wildman–Crippen MR) is 103 cm³/mol. The van der Waals surface area contributed by atoms with Crippen LogP contribution in [0.2, 0.25) is 5.02 Å². The first-order chi connectivity index (χ1) is 12.7. The molecule has 1 fully saturated rings. The van der Waals surface area contributed by atoms with Crippen molar-refractivity contribution < 1.29 is 13.9 Å². The third-order valence-electron chi connectivity index (χ3n) is 4.56. The van der Waals surface area contributed by atoms with Gasteiger partial charge in [-0.3, -0.25) is 9.69 Å². The van der Waals surface area contributed by atoms with Gasteiger partial charge in [0.25, 0.3) is 5.91 Å². The summed E-state index contributed by atoms with van der Waals surface area (Å²) in [6, 6.07) is 11.6. The first-order valence-electron chi connectivity index (χ1n) is 8.54. The predicted octanol–water partition coefficient (Wildman–Crippen LogP) is 3.95. The smallest absolute Gasteiger partial charge is 0.263 e. The average molecular weight is 391 g/mol. The average Bonchev–Trinajstić information content (AvgIpc) is 3.32. The van der Waals surface area contributed by atoms with Gasteiger partial charge in [0.15, 0.2) is 0 Å². The molecule has 1 N–H and O–H groups in total. The number of rotatable bonds is 5. The molecule has 5 nitrogen and oxygen atoms in total. The highest BCUT2D eigenvalue weighted by Crippen LogP contribution is 2.35. The van der Waals surface area contributed by atoms with Gasteiger partial charge in [-0.1, -0.05) is 29.8 Å². The lowest BCUT2D eigenvalue weighted by Gasteiger charge is -2.33. The van der Waals surface area contributed by atoms with E-state index in [1.54, 1.807) is 6.26 Å². The van der Waals surface area contributed by atoms with E-state index in [-0.39, 0.29) is 11.9 Å². The molecule has 7 heteroatoms. The number of furan rings is 1. The third-order valence-corrected chi connectivity index (χ3v) is 6.23. The molecule has 1 aromatic carbocycles. The lowest BCUT2D eigenvalue weighted by Crippen LogP contribution is -2.43.